The number of rotatable bonds is 4. The quantitative estimate of drug-likeness (QED) is 0.343. The number of halogens is 2. The number of guanidine groups is 1. The van der Waals surface area contributed by atoms with Crippen LogP contribution in [0.2, 0.25) is 0 Å². The van der Waals surface area contributed by atoms with Crippen LogP contribution in [-0.2, 0) is 4.79 Å². The van der Waals surface area contributed by atoms with E-state index in [4.69, 9.17) is 0 Å². The fraction of sp³-hybridized carbons (Fsp3) is 0.579. The molecule has 0 saturated carbocycles. The number of aliphatic hydroxyl groups excluding tert-OH is 1. The van der Waals surface area contributed by atoms with Crippen LogP contribution in [0.5, 0.6) is 0 Å². The molecule has 3 N–H and O–H groups in total. The minimum absolute atomic E-state index is 0. The Bertz CT molecular complexity index is 687. The SMILES string of the molecule is CCNC(=NCC(O)c1cccc(F)c1)N1CCCC2(CNC(=O)C2)C1.I. The summed E-state index contributed by atoms with van der Waals surface area (Å²) in [6.07, 6.45) is 1.75. The number of benzene rings is 1. The van der Waals surface area contributed by atoms with E-state index in [1.165, 1.54) is 12.1 Å². The monoisotopic (exact) mass is 490 g/mol. The van der Waals surface area contributed by atoms with Gasteiger partial charge >= 0.3 is 0 Å². The Morgan fingerprint density at radius 2 is 2.33 bits per heavy atom. The van der Waals surface area contributed by atoms with Crippen molar-refractivity contribution < 1.29 is 14.3 Å². The van der Waals surface area contributed by atoms with Crippen molar-refractivity contribution in [3.63, 3.8) is 0 Å². The van der Waals surface area contributed by atoms with Gasteiger partial charge < -0.3 is 20.6 Å². The second kappa shape index (κ2) is 9.68. The molecule has 2 heterocycles. The van der Waals surface area contributed by atoms with Crippen molar-refractivity contribution >= 4 is 35.8 Å². The van der Waals surface area contributed by atoms with Crippen molar-refractivity contribution in [3.8, 4) is 0 Å². The zero-order valence-corrected chi connectivity index (χ0v) is 17.9. The maximum absolute atomic E-state index is 13.3. The average Bonchev–Trinajstić information content (AvgIpc) is 2.98. The fourth-order valence-electron chi connectivity index (χ4n) is 3.85. The number of nitrogens with zero attached hydrogens (tertiary/aromatic N) is 2. The van der Waals surface area contributed by atoms with Crippen LogP contribution in [0.4, 0.5) is 4.39 Å². The average molecular weight is 490 g/mol. The molecule has 27 heavy (non-hydrogen) atoms. The maximum atomic E-state index is 13.3. The summed E-state index contributed by atoms with van der Waals surface area (Å²) in [7, 11) is 0. The van der Waals surface area contributed by atoms with Crippen molar-refractivity contribution in [1.82, 2.24) is 15.5 Å². The third-order valence-electron chi connectivity index (χ3n) is 5.14. The van der Waals surface area contributed by atoms with Crippen molar-refractivity contribution in [2.24, 2.45) is 10.4 Å². The Morgan fingerprint density at radius 1 is 1.52 bits per heavy atom. The van der Waals surface area contributed by atoms with E-state index in [2.05, 4.69) is 20.5 Å². The molecule has 0 bridgehead atoms. The Morgan fingerprint density at radius 3 is 3.00 bits per heavy atom. The second-order valence-electron chi connectivity index (χ2n) is 7.24. The number of piperidine rings is 1. The van der Waals surface area contributed by atoms with Gasteiger partial charge in [-0.2, -0.15) is 0 Å². The van der Waals surface area contributed by atoms with Crippen LogP contribution in [0, 0.1) is 11.2 Å². The van der Waals surface area contributed by atoms with Gasteiger partial charge in [0, 0.05) is 38.0 Å². The van der Waals surface area contributed by atoms with Crippen LogP contribution in [0.15, 0.2) is 29.3 Å². The van der Waals surface area contributed by atoms with Gasteiger partial charge in [0.05, 0.1) is 12.6 Å². The number of hydrogen-bond donors (Lipinski definition) is 3. The van der Waals surface area contributed by atoms with E-state index in [-0.39, 0.29) is 47.7 Å². The predicted molar refractivity (Wildman–Crippen MR) is 114 cm³/mol. The van der Waals surface area contributed by atoms with Gasteiger partial charge in [0.1, 0.15) is 5.82 Å². The number of amides is 1. The van der Waals surface area contributed by atoms with Crippen LogP contribution in [-0.4, -0.2) is 54.6 Å². The van der Waals surface area contributed by atoms with E-state index in [0.29, 0.717) is 18.5 Å². The van der Waals surface area contributed by atoms with E-state index in [1.807, 2.05) is 6.92 Å². The van der Waals surface area contributed by atoms with Gasteiger partial charge in [0.25, 0.3) is 0 Å². The van der Waals surface area contributed by atoms with Crippen LogP contribution >= 0.6 is 24.0 Å². The van der Waals surface area contributed by atoms with Crippen LogP contribution < -0.4 is 10.6 Å². The number of hydrogen-bond acceptors (Lipinski definition) is 3. The van der Waals surface area contributed by atoms with E-state index >= 15 is 0 Å². The molecule has 1 aromatic rings. The second-order valence-corrected chi connectivity index (χ2v) is 7.24. The van der Waals surface area contributed by atoms with Gasteiger partial charge in [-0.25, -0.2) is 4.39 Å². The largest absolute Gasteiger partial charge is 0.386 e. The fourth-order valence-corrected chi connectivity index (χ4v) is 3.85. The van der Waals surface area contributed by atoms with Crippen LogP contribution in [0.3, 0.4) is 0 Å². The Hall–Kier alpha value is -1.42. The van der Waals surface area contributed by atoms with Crippen molar-refractivity contribution in [2.45, 2.75) is 32.3 Å². The highest BCUT2D eigenvalue weighted by atomic mass is 127. The van der Waals surface area contributed by atoms with Gasteiger partial charge in [-0.15, -0.1) is 24.0 Å². The first-order valence-electron chi connectivity index (χ1n) is 9.25. The van der Waals surface area contributed by atoms with Gasteiger partial charge in [-0.1, -0.05) is 12.1 Å². The Labute approximate surface area is 176 Å². The zero-order chi connectivity index (χ0) is 18.6. The van der Waals surface area contributed by atoms with Crippen LogP contribution in [0.25, 0.3) is 0 Å². The molecule has 2 fully saturated rings. The molecular formula is C19H28FIN4O2. The first-order valence-corrected chi connectivity index (χ1v) is 9.25. The van der Waals surface area contributed by atoms with Crippen molar-refractivity contribution in [3.05, 3.63) is 35.6 Å². The lowest BCUT2D eigenvalue weighted by molar-refractivity contribution is -0.119. The highest BCUT2D eigenvalue weighted by Crippen LogP contribution is 2.36. The predicted octanol–water partition coefficient (Wildman–Crippen LogP) is 2.04. The summed E-state index contributed by atoms with van der Waals surface area (Å²) in [6.45, 7) is 5.24. The van der Waals surface area contributed by atoms with Crippen LogP contribution in [0.1, 0.15) is 37.9 Å². The molecule has 2 aliphatic rings. The van der Waals surface area contributed by atoms with Gasteiger partial charge in [-0.05, 0) is 37.5 Å². The van der Waals surface area contributed by atoms with Gasteiger partial charge in [0.15, 0.2) is 5.96 Å². The molecule has 150 valence electrons. The minimum atomic E-state index is -0.854. The molecule has 0 aliphatic carbocycles. The number of nitrogens with one attached hydrogen (secondary N) is 2. The first kappa shape index (κ1) is 21.9. The zero-order valence-electron chi connectivity index (χ0n) is 15.6. The molecule has 0 aromatic heterocycles. The molecular weight excluding hydrogens is 462 g/mol. The summed E-state index contributed by atoms with van der Waals surface area (Å²) >= 11 is 0. The Kier molecular flexibility index (Phi) is 7.84. The Balaban J connectivity index is 0.00000261. The summed E-state index contributed by atoms with van der Waals surface area (Å²) in [5.74, 6) is 0.491. The van der Waals surface area contributed by atoms with Gasteiger partial charge in [0.2, 0.25) is 5.91 Å². The lowest BCUT2D eigenvalue weighted by atomic mass is 9.79. The normalized spacial score (nSPS) is 23.7. The number of carbonyl (C=O) groups excluding carboxylic acids is 1. The molecule has 2 atom stereocenters. The third-order valence-corrected chi connectivity index (χ3v) is 5.14. The number of aliphatic imine (C=N–C) groups is 1. The van der Waals surface area contributed by atoms with E-state index in [1.54, 1.807) is 12.1 Å². The summed E-state index contributed by atoms with van der Waals surface area (Å²) in [5, 5.41) is 16.5. The highest BCUT2D eigenvalue weighted by Gasteiger charge is 2.42. The van der Waals surface area contributed by atoms with Gasteiger partial charge in [-0.3, -0.25) is 9.79 Å². The van der Waals surface area contributed by atoms with E-state index < -0.39 is 6.10 Å². The molecule has 1 amide bonds. The molecule has 0 radical (unpaired) electrons. The standard InChI is InChI=1S/C19H27FN4O2.HI/c1-2-21-18(22-11-16(25)14-5-3-6-15(20)9-14)24-8-4-7-19(13-24)10-17(26)23-12-19;/h3,5-6,9,16,25H,2,4,7-8,10-13H2,1H3,(H,21,22)(H,23,26);1H. The molecule has 1 spiro atoms. The lowest BCUT2D eigenvalue weighted by Gasteiger charge is -2.40. The topological polar surface area (TPSA) is 77.0 Å². The van der Waals surface area contributed by atoms with Crippen molar-refractivity contribution in [2.75, 3.05) is 32.7 Å². The molecule has 2 unspecified atom stereocenters. The molecule has 2 saturated heterocycles. The molecule has 3 rings (SSSR count). The van der Waals surface area contributed by atoms with Crippen molar-refractivity contribution in [1.29, 1.82) is 0 Å². The molecule has 1 aromatic carbocycles. The number of likely N-dealkylation sites (tertiary alicyclic amines) is 1. The summed E-state index contributed by atoms with van der Waals surface area (Å²) in [4.78, 5) is 18.4. The smallest absolute Gasteiger partial charge is 0.220 e. The molecule has 2 aliphatic heterocycles. The maximum Gasteiger partial charge on any atom is 0.220 e. The summed E-state index contributed by atoms with van der Waals surface area (Å²) in [5.41, 5.74) is 0.498. The van der Waals surface area contributed by atoms with E-state index in [0.717, 1.165) is 38.4 Å². The van der Waals surface area contributed by atoms with E-state index in [9.17, 15) is 14.3 Å². The summed E-state index contributed by atoms with van der Waals surface area (Å²) in [6, 6.07) is 5.97. The minimum Gasteiger partial charge on any atom is -0.386 e. The summed E-state index contributed by atoms with van der Waals surface area (Å²) < 4.78 is 13.3. The lowest BCUT2D eigenvalue weighted by Crippen LogP contribution is -2.51. The highest BCUT2D eigenvalue weighted by molar-refractivity contribution is 14.0. The third kappa shape index (κ3) is 5.54. The number of aliphatic hydroxyl groups is 1. The first-order chi connectivity index (χ1) is 12.5. The molecule has 6 nitrogen and oxygen atoms in total. The molecule has 8 heteroatoms. The number of carbonyl (C=O) groups is 1.